The van der Waals surface area contributed by atoms with E-state index >= 15 is 0 Å². The van der Waals surface area contributed by atoms with Gasteiger partial charge in [-0.3, -0.25) is 4.79 Å². The van der Waals surface area contributed by atoms with Crippen LogP contribution in [0.1, 0.15) is 12.0 Å². The Labute approximate surface area is 107 Å². The maximum atomic E-state index is 11.6. The third kappa shape index (κ3) is 4.85. The maximum absolute atomic E-state index is 11.6. The van der Waals surface area contributed by atoms with E-state index in [9.17, 15) is 13.2 Å². The Morgan fingerprint density at radius 1 is 1.33 bits per heavy atom. The molecule has 0 bridgehead atoms. The molecular formula is C12H17NO4S. The second-order valence-corrected chi connectivity index (χ2v) is 6.22. The lowest BCUT2D eigenvalue weighted by atomic mass is 10.2. The number of rotatable bonds is 6. The van der Waals surface area contributed by atoms with Gasteiger partial charge in [0, 0.05) is 12.3 Å². The Kier molecular flexibility index (Phi) is 5.30. The lowest BCUT2D eigenvalue weighted by Crippen LogP contribution is -2.25. The predicted octanol–water partition coefficient (Wildman–Crippen LogP) is 0.731. The molecule has 0 unspecified atom stereocenters. The van der Waals surface area contributed by atoms with Crippen LogP contribution in [0.5, 0.6) is 0 Å². The maximum Gasteiger partial charge on any atom is 0.239 e. The van der Waals surface area contributed by atoms with Crippen LogP contribution in [0, 0.1) is 6.92 Å². The van der Waals surface area contributed by atoms with Gasteiger partial charge in [0.25, 0.3) is 0 Å². The number of amides is 1. The number of para-hydroxylation sites is 1. The monoisotopic (exact) mass is 271 g/mol. The second kappa shape index (κ2) is 6.51. The fourth-order valence-electron chi connectivity index (χ4n) is 1.46. The van der Waals surface area contributed by atoms with E-state index in [4.69, 9.17) is 5.11 Å². The van der Waals surface area contributed by atoms with Gasteiger partial charge in [-0.15, -0.1) is 0 Å². The summed E-state index contributed by atoms with van der Waals surface area (Å²) in [5.74, 6) is -1.28. The molecule has 0 atom stereocenters. The zero-order valence-corrected chi connectivity index (χ0v) is 11.0. The first kappa shape index (κ1) is 14.7. The summed E-state index contributed by atoms with van der Waals surface area (Å²) in [7, 11) is -3.45. The van der Waals surface area contributed by atoms with Crippen LogP contribution >= 0.6 is 0 Å². The van der Waals surface area contributed by atoms with Crippen LogP contribution in [-0.2, 0) is 14.6 Å². The molecule has 1 aromatic carbocycles. The predicted molar refractivity (Wildman–Crippen MR) is 70.2 cm³/mol. The molecule has 0 heterocycles. The molecule has 1 rings (SSSR count). The summed E-state index contributed by atoms with van der Waals surface area (Å²) in [5, 5.41) is 11.1. The first-order valence-electron chi connectivity index (χ1n) is 5.61. The number of sulfone groups is 1. The van der Waals surface area contributed by atoms with Gasteiger partial charge in [-0.25, -0.2) is 8.42 Å². The number of carbonyl (C=O) groups is 1. The van der Waals surface area contributed by atoms with Crippen LogP contribution in [0.2, 0.25) is 0 Å². The van der Waals surface area contributed by atoms with E-state index in [1.54, 1.807) is 12.1 Å². The van der Waals surface area contributed by atoms with Gasteiger partial charge in [0.1, 0.15) is 5.75 Å². The molecule has 100 valence electrons. The van der Waals surface area contributed by atoms with E-state index < -0.39 is 21.5 Å². The first-order chi connectivity index (χ1) is 8.44. The highest BCUT2D eigenvalue weighted by Crippen LogP contribution is 2.13. The smallest absolute Gasteiger partial charge is 0.239 e. The molecule has 0 spiro atoms. The highest BCUT2D eigenvalue weighted by Gasteiger charge is 2.16. The highest BCUT2D eigenvalue weighted by molar-refractivity contribution is 7.92. The second-order valence-electron chi connectivity index (χ2n) is 4.03. The number of nitrogens with one attached hydrogen (secondary N) is 1. The van der Waals surface area contributed by atoms with Crippen molar-refractivity contribution in [1.29, 1.82) is 0 Å². The normalized spacial score (nSPS) is 11.2. The molecule has 18 heavy (non-hydrogen) atoms. The quantitative estimate of drug-likeness (QED) is 0.799. The minimum absolute atomic E-state index is 0.153. The van der Waals surface area contributed by atoms with E-state index in [2.05, 4.69) is 5.32 Å². The zero-order chi connectivity index (χ0) is 13.6. The Morgan fingerprint density at radius 3 is 2.61 bits per heavy atom. The van der Waals surface area contributed by atoms with Crippen molar-refractivity contribution >= 4 is 21.4 Å². The molecule has 1 aromatic rings. The number of hydrogen-bond donors (Lipinski definition) is 2. The van der Waals surface area contributed by atoms with E-state index in [1.807, 2.05) is 19.1 Å². The number of aryl methyl sites for hydroxylation is 1. The molecule has 0 aliphatic heterocycles. The molecule has 0 aromatic heterocycles. The van der Waals surface area contributed by atoms with Gasteiger partial charge in [0.2, 0.25) is 5.91 Å². The van der Waals surface area contributed by atoms with Crippen molar-refractivity contribution < 1.29 is 18.3 Å². The molecule has 0 radical (unpaired) electrons. The number of anilines is 1. The molecular weight excluding hydrogens is 254 g/mol. The molecule has 0 aliphatic rings. The molecule has 1 amide bonds. The van der Waals surface area contributed by atoms with Crippen molar-refractivity contribution in [3.05, 3.63) is 29.8 Å². The van der Waals surface area contributed by atoms with Crippen LogP contribution < -0.4 is 5.32 Å². The van der Waals surface area contributed by atoms with E-state index in [1.165, 1.54) is 0 Å². The van der Waals surface area contributed by atoms with Crippen LogP contribution in [-0.4, -0.2) is 37.5 Å². The minimum Gasteiger partial charge on any atom is -0.396 e. The summed E-state index contributed by atoms with van der Waals surface area (Å²) < 4.78 is 23.0. The SMILES string of the molecule is Cc1ccccc1NC(=O)CS(=O)(=O)CCCO. The van der Waals surface area contributed by atoms with Gasteiger partial charge in [-0.05, 0) is 25.0 Å². The standard InChI is InChI=1S/C12H17NO4S/c1-10-5-2-3-6-11(10)13-12(15)9-18(16,17)8-4-7-14/h2-3,5-6,14H,4,7-9H2,1H3,(H,13,15). The Morgan fingerprint density at radius 2 is 2.00 bits per heavy atom. The summed E-state index contributed by atoms with van der Waals surface area (Å²) in [5.41, 5.74) is 1.48. The zero-order valence-electron chi connectivity index (χ0n) is 10.2. The first-order valence-corrected chi connectivity index (χ1v) is 7.43. The molecule has 0 saturated heterocycles. The number of carbonyl (C=O) groups excluding carboxylic acids is 1. The van der Waals surface area contributed by atoms with Gasteiger partial charge in [0.15, 0.2) is 9.84 Å². The molecule has 0 saturated carbocycles. The van der Waals surface area contributed by atoms with Gasteiger partial charge >= 0.3 is 0 Å². The molecule has 0 aliphatic carbocycles. The third-order valence-electron chi connectivity index (χ3n) is 2.38. The van der Waals surface area contributed by atoms with Crippen molar-refractivity contribution in [2.45, 2.75) is 13.3 Å². The largest absolute Gasteiger partial charge is 0.396 e. The summed E-state index contributed by atoms with van der Waals surface area (Å²) in [4.78, 5) is 11.6. The summed E-state index contributed by atoms with van der Waals surface area (Å²) in [6.45, 7) is 1.63. The van der Waals surface area contributed by atoms with Gasteiger partial charge in [0.05, 0.1) is 5.75 Å². The molecule has 5 nitrogen and oxygen atoms in total. The molecule has 0 fully saturated rings. The van der Waals surface area contributed by atoms with Crippen molar-refractivity contribution in [2.24, 2.45) is 0 Å². The van der Waals surface area contributed by atoms with Crippen molar-refractivity contribution in [3.8, 4) is 0 Å². The highest BCUT2D eigenvalue weighted by atomic mass is 32.2. The fraction of sp³-hybridized carbons (Fsp3) is 0.417. The third-order valence-corrected chi connectivity index (χ3v) is 4.00. The lowest BCUT2D eigenvalue weighted by molar-refractivity contribution is -0.113. The Balaban J connectivity index is 2.60. The van der Waals surface area contributed by atoms with E-state index in [0.29, 0.717) is 5.69 Å². The van der Waals surface area contributed by atoms with Crippen LogP contribution in [0.15, 0.2) is 24.3 Å². The summed E-state index contributed by atoms with van der Waals surface area (Å²) in [6, 6.07) is 7.15. The molecule has 6 heteroatoms. The minimum atomic E-state index is -3.45. The van der Waals surface area contributed by atoms with Crippen LogP contribution in [0.25, 0.3) is 0 Å². The van der Waals surface area contributed by atoms with E-state index in [-0.39, 0.29) is 18.8 Å². The van der Waals surface area contributed by atoms with Gasteiger partial charge in [-0.2, -0.15) is 0 Å². The topological polar surface area (TPSA) is 83.5 Å². The van der Waals surface area contributed by atoms with E-state index in [0.717, 1.165) is 5.56 Å². The van der Waals surface area contributed by atoms with Gasteiger partial charge < -0.3 is 10.4 Å². The number of benzene rings is 1. The number of hydrogen-bond acceptors (Lipinski definition) is 4. The lowest BCUT2D eigenvalue weighted by Gasteiger charge is -2.08. The Hall–Kier alpha value is -1.40. The fourth-order valence-corrected chi connectivity index (χ4v) is 2.64. The number of aliphatic hydroxyl groups excluding tert-OH is 1. The van der Waals surface area contributed by atoms with Crippen molar-refractivity contribution in [2.75, 3.05) is 23.4 Å². The average Bonchev–Trinajstić information content (AvgIpc) is 2.29. The average molecular weight is 271 g/mol. The summed E-state index contributed by atoms with van der Waals surface area (Å²) in [6.07, 6.45) is 0.153. The molecule has 2 N–H and O–H groups in total. The van der Waals surface area contributed by atoms with Crippen molar-refractivity contribution in [1.82, 2.24) is 0 Å². The van der Waals surface area contributed by atoms with Crippen LogP contribution in [0.3, 0.4) is 0 Å². The van der Waals surface area contributed by atoms with Gasteiger partial charge in [-0.1, -0.05) is 18.2 Å². The Bertz CT molecular complexity index is 511. The summed E-state index contributed by atoms with van der Waals surface area (Å²) >= 11 is 0. The van der Waals surface area contributed by atoms with Crippen molar-refractivity contribution in [3.63, 3.8) is 0 Å². The number of aliphatic hydroxyl groups is 1. The van der Waals surface area contributed by atoms with Crippen LogP contribution in [0.4, 0.5) is 5.69 Å².